The fourth-order valence-electron chi connectivity index (χ4n) is 2.51. The molecule has 0 aliphatic carbocycles. The third kappa shape index (κ3) is 5.72. The van der Waals surface area contributed by atoms with Crippen molar-refractivity contribution in [3.8, 4) is 0 Å². The lowest BCUT2D eigenvalue weighted by molar-refractivity contribution is -0.133. The highest BCUT2D eigenvalue weighted by molar-refractivity contribution is 8.00. The molecule has 0 saturated heterocycles. The van der Waals surface area contributed by atoms with Gasteiger partial charge in [0, 0.05) is 10.6 Å². The number of anilines is 1. The van der Waals surface area contributed by atoms with Gasteiger partial charge in [0.15, 0.2) is 0 Å². The van der Waals surface area contributed by atoms with Crippen LogP contribution in [0.5, 0.6) is 0 Å². The number of furan rings is 1. The van der Waals surface area contributed by atoms with Crippen LogP contribution >= 0.6 is 11.8 Å². The van der Waals surface area contributed by atoms with Crippen molar-refractivity contribution < 1.29 is 18.4 Å². The topological polar surface area (TPSA) is 62.6 Å². The van der Waals surface area contributed by atoms with E-state index < -0.39 is 0 Å². The van der Waals surface area contributed by atoms with E-state index in [9.17, 15) is 14.0 Å². The van der Waals surface area contributed by atoms with Gasteiger partial charge in [0.25, 0.3) is 0 Å². The van der Waals surface area contributed by atoms with Gasteiger partial charge < -0.3 is 14.6 Å². The molecule has 0 radical (unpaired) electrons. The molecule has 144 valence electrons. The van der Waals surface area contributed by atoms with E-state index in [1.807, 2.05) is 18.2 Å². The summed E-state index contributed by atoms with van der Waals surface area (Å²) in [6.07, 6.45) is 1.51. The highest BCUT2D eigenvalue weighted by Crippen LogP contribution is 2.22. The molecule has 0 aliphatic rings. The van der Waals surface area contributed by atoms with Crippen molar-refractivity contribution in [3.05, 3.63) is 84.6 Å². The van der Waals surface area contributed by atoms with Crippen molar-refractivity contribution in [3.63, 3.8) is 0 Å². The Morgan fingerprint density at radius 3 is 2.46 bits per heavy atom. The van der Waals surface area contributed by atoms with Crippen LogP contribution in [0.15, 0.2) is 82.3 Å². The van der Waals surface area contributed by atoms with Crippen LogP contribution in [0.3, 0.4) is 0 Å². The second-order valence-corrected chi connectivity index (χ2v) is 6.98. The molecular weight excluding hydrogens is 379 g/mol. The van der Waals surface area contributed by atoms with Crippen molar-refractivity contribution >= 4 is 29.3 Å². The van der Waals surface area contributed by atoms with Crippen LogP contribution < -0.4 is 5.32 Å². The van der Waals surface area contributed by atoms with Crippen LogP contribution in [-0.4, -0.2) is 29.0 Å². The summed E-state index contributed by atoms with van der Waals surface area (Å²) in [6, 6.07) is 18.7. The third-order valence-electron chi connectivity index (χ3n) is 3.86. The first-order valence-electron chi connectivity index (χ1n) is 8.64. The summed E-state index contributed by atoms with van der Waals surface area (Å²) in [5.41, 5.74) is 0.652. The molecule has 7 heteroatoms. The smallest absolute Gasteiger partial charge is 0.244 e. The van der Waals surface area contributed by atoms with Crippen molar-refractivity contribution in [1.82, 2.24) is 4.90 Å². The molecule has 0 bridgehead atoms. The molecule has 3 aromatic rings. The summed E-state index contributed by atoms with van der Waals surface area (Å²) in [5.74, 6) is -0.397. The van der Waals surface area contributed by atoms with Gasteiger partial charge in [0.2, 0.25) is 11.8 Å². The maximum absolute atomic E-state index is 13.8. The lowest BCUT2D eigenvalue weighted by Crippen LogP contribution is -2.38. The number of nitrogens with one attached hydrogen (secondary N) is 1. The van der Waals surface area contributed by atoms with E-state index in [2.05, 4.69) is 5.32 Å². The highest BCUT2D eigenvalue weighted by Gasteiger charge is 2.19. The number of nitrogens with zero attached hydrogens (tertiary/aromatic N) is 1. The van der Waals surface area contributed by atoms with Gasteiger partial charge in [-0.2, -0.15) is 0 Å². The maximum atomic E-state index is 13.8. The third-order valence-corrected chi connectivity index (χ3v) is 4.89. The fraction of sp³-hybridized carbons (Fsp3) is 0.143. The molecule has 1 heterocycles. The van der Waals surface area contributed by atoms with Crippen molar-refractivity contribution in [1.29, 1.82) is 0 Å². The monoisotopic (exact) mass is 398 g/mol. The van der Waals surface area contributed by atoms with Crippen LogP contribution in [0.2, 0.25) is 0 Å². The Labute approximate surface area is 166 Å². The molecule has 2 aromatic carbocycles. The molecule has 0 saturated carbocycles. The lowest BCUT2D eigenvalue weighted by Gasteiger charge is -2.21. The Morgan fingerprint density at radius 2 is 1.75 bits per heavy atom. The number of hydrogen-bond donors (Lipinski definition) is 1. The van der Waals surface area contributed by atoms with Gasteiger partial charge in [0.05, 0.1) is 18.6 Å². The van der Waals surface area contributed by atoms with Gasteiger partial charge in [0.1, 0.15) is 18.1 Å². The number of carbonyl (C=O) groups excluding carboxylic acids is 2. The Balaban J connectivity index is 1.64. The molecule has 5 nitrogen and oxygen atoms in total. The molecule has 0 atom stereocenters. The van der Waals surface area contributed by atoms with Gasteiger partial charge in [-0.25, -0.2) is 4.39 Å². The van der Waals surface area contributed by atoms with Crippen molar-refractivity contribution in [2.75, 3.05) is 17.6 Å². The summed E-state index contributed by atoms with van der Waals surface area (Å²) in [5, 5.41) is 2.76. The number of rotatable bonds is 8. The van der Waals surface area contributed by atoms with Gasteiger partial charge in [-0.05, 0) is 36.4 Å². The number of carbonyl (C=O) groups is 2. The SMILES string of the molecule is O=C(CN(Cc1ccco1)C(=O)CSc1ccccc1F)Nc1ccccc1. The van der Waals surface area contributed by atoms with E-state index in [1.165, 1.54) is 17.2 Å². The number of para-hydroxylation sites is 1. The number of thioether (sulfide) groups is 1. The zero-order valence-corrected chi connectivity index (χ0v) is 15.8. The Hall–Kier alpha value is -3.06. The Kier molecular flexibility index (Phi) is 6.86. The first-order chi connectivity index (χ1) is 13.6. The van der Waals surface area contributed by atoms with E-state index in [0.29, 0.717) is 16.3 Å². The largest absolute Gasteiger partial charge is 0.467 e. The standard InChI is InChI=1S/C21H19FN2O3S/c22-18-10-4-5-11-19(18)28-15-21(26)24(13-17-9-6-12-27-17)14-20(25)23-16-7-2-1-3-8-16/h1-12H,13-15H2,(H,23,25). The minimum atomic E-state index is -0.375. The van der Waals surface area contributed by atoms with Crippen LogP contribution in [0.25, 0.3) is 0 Å². The number of benzene rings is 2. The molecule has 0 spiro atoms. The van der Waals surface area contributed by atoms with Gasteiger partial charge in [-0.3, -0.25) is 9.59 Å². The second kappa shape index (κ2) is 9.75. The van der Waals surface area contributed by atoms with E-state index >= 15 is 0 Å². The van der Waals surface area contributed by atoms with Crippen LogP contribution in [0.4, 0.5) is 10.1 Å². The number of amides is 2. The Bertz CT molecular complexity index is 916. The van der Waals surface area contributed by atoms with Gasteiger partial charge >= 0.3 is 0 Å². The quantitative estimate of drug-likeness (QED) is 0.578. The normalized spacial score (nSPS) is 10.5. The summed E-state index contributed by atoms with van der Waals surface area (Å²) in [4.78, 5) is 26.9. The summed E-state index contributed by atoms with van der Waals surface area (Å²) in [7, 11) is 0. The molecule has 0 aliphatic heterocycles. The molecule has 2 amide bonds. The minimum absolute atomic E-state index is 0.0141. The summed E-state index contributed by atoms with van der Waals surface area (Å²) in [6.45, 7) is 0.0259. The van der Waals surface area contributed by atoms with E-state index in [1.54, 1.807) is 42.5 Å². The lowest BCUT2D eigenvalue weighted by atomic mass is 10.3. The molecule has 1 aromatic heterocycles. The van der Waals surface area contributed by atoms with Crippen LogP contribution in [-0.2, 0) is 16.1 Å². The van der Waals surface area contributed by atoms with Crippen LogP contribution in [0.1, 0.15) is 5.76 Å². The van der Waals surface area contributed by atoms with Gasteiger partial charge in [-0.15, -0.1) is 11.8 Å². The Morgan fingerprint density at radius 1 is 1.00 bits per heavy atom. The van der Waals surface area contributed by atoms with Gasteiger partial charge in [-0.1, -0.05) is 30.3 Å². The van der Waals surface area contributed by atoms with E-state index in [0.717, 1.165) is 11.8 Å². The maximum Gasteiger partial charge on any atom is 0.244 e. The predicted molar refractivity (Wildman–Crippen MR) is 106 cm³/mol. The number of halogens is 1. The van der Waals surface area contributed by atoms with E-state index in [-0.39, 0.29) is 36.5 Å². The second-order valence-electron chi connectivity index (χ2n) is 5.96. The number of hydrogen-bond acceptors (Lipinski definition) is 4. The first-order valence-corrected chi connectivity index (χ1v) is 9.63. The van der Waals surface area contributed by atoms with Crippen molar-refractivity contribution in [2.24, 2.45) is 0 Å². The zero-order valence-electron chi connectivity index (χ0n) is 15.0. The van der Waals surface area contributed by atoms with Crippen molar-refractivity contribution in [2.45, 2.75) is 11.4 Å². The fourth-order valence-corrected chi connectivity index (χ4v) is 3.35. The van der Waals surface area contributed by atoms with Crippen LogP contribution in [0, 0.1) is 5.82 Å². The highest BCUT2D eigenvalue weighted by atomic mass is 32.2. The molecular formula is C21H19FN2O3S. The average Bonchev–Trinajstić information content (AvgIpc) is 3.20. The molecule has 3 rings (SSSR count). The summed E-state index contributed by atoms with van der Waals surface area (Å²) < 4.78 is 19.1. The first kappa shape index (κ1) is 19.7. The minimum Gasteiger partial charge on any atom is -0.467 e. The predicted octanol–water partition coefficient (Wildman–Crippen LogP) is 4.18. The molecule has 1 N–H and O–H groups in total. The summed E-state index contributed by atoms with van der Waals surface area (Å²) >= 11 is 1.10. The molecule has 0 unspecified atom stereocenters. The zero-order chi connectivity index (χ0) is 19.8. The molecule has 0 fully saturated rings. The average molecular weight is 398 g/mol. The van der Waals surface area contributed by atoms with E-state index in [4.69, 9.17) is 4.42 Å². The molecule has 28 heavy (non-hydrogen) atoms.